The predicted octanol–water partition coefficient (Wildman–Crippen LogP) is 3.86. The highest BCUT2D eigenvalue weighted by Crippen LogP contribution is 2.39. The molecule has 0 spiro atoms. The molecule has 100 valence electrons. The van der Waals surface area contributed by atoms with E-state index in [0.717, 1.165) is 37.3 Å². The van der Waals surface area contributed by atoms with Gasteiger partial charge in [0.15, 0.2) is 0 Å². The minimum Gasteiger partial charge on any atom is -0.315 e. The van der Waals surface area contributed by atoms with Gasteiger partial charge in [-0.05, 0) is 54.5 Å². The molecule has 0 radical (unpaired) electrons. The van der Waals surface area contributed by atoms with Crippen molar-refractivity contribution in [1.82, 2.24) is 4.90 Å². The summed E-state index contributed by atoms with van der Waals surface area (Å²) in [5.41, 5.74) is 5.04. The minimum atomic E-state index is 0.0197. The fraction of sp³-hybridized carbons (Fsp3) is 0.400. The number of aryl methyl sites for hydroxylation is 1. The zero-order valence-corrected chi connectivity index (χ0v) is 12.1. The van der Waals surface area contributed by atoms with Crippen molar-refractivity contribution in [3.63, 3.8) is 0 Å². The number of benzene rings is 1. The van der Waals surface area contributed by atoms with Gasteiger partial charge in [0.1, 0.15) is 5.88 Å². The van der Waals surface area contributed by atoms with Gasteiger partial charge < -0.3 is 4.90 Å². The summed E-state index contributed by atoms with van der Waals surface area (Å²) in [6.45, 7) is 0.799. The smallest absolute Gasteiger partial charge is 0.241 e. The van der Waals surface area contributed by atoms with Gasteiger partial charge in [-0.2, -0.15) is 0 Å². The Labute approximate surface area is 123 Å². The summed E-state index contributed by atoms with van der Waals surface area (Å²) in [5.74, 6) is 0.0795. The summed E-state index contributed by atoms with van der Waals surface area (Å²) in [6, 6.07) is 6.06. The molecule has 1 amide bonds. The molecule has 0 unspecified atom stereocenters. The zero-order valence-electron chi connectivity index (χ0n) is 10.6. The quantitative estimate of drug-likeness (QED) is 0.721. The fourth-order valence-corrected chi connectivity index (χ4v) is 3.44. The van der Waals surface area contributed by atoms with Crippen LogP contribution in [0.3, 0.4) is 0 Å². The molecule has 1 aromatic rings. The van der Waals surface area contributed by atoms with Gasteiger partial charge in [0.05, 0.1) is 0 Å². The zero-order chi connectivity index (χ0) is 13.4. The number of halogens is 2. The van der Waals surface area contributed by atoms with E-state index in [2.05, 4.69) is 6.07 Å². The van der Waals surface area contributed by atoms with Crippen LogP contribution in [-0.4, -0.2) is 23.2 Å². The Morgan fingerprint density at radius 3 is 2.89 bits per heavy atom. The fourth-order valence-electron chi connectivity index (χ4n) is 3.10. The molecule has 0 N–H and O–H groups in total. The average molecular weight is 296 g/mol. The average Bonchev–Trinajstić information content (AvgIpc) is 2.45. The molecule has 1 aliphatic heterocycles. The molecule has 0 aromatic heterocycles. The SMILES string of the molecule is O=C(CCl)N1CCCC2=C1CCc1cc(Cl)ccc12. The maximum absolute atomic E-state index is 11.9. The Balaban J connectivity index is 2.06. The third kappa shape index (κ3) is 2.28. The molecule has 0 bridgehead atoms. The van der Waals surface area contributed by atoms with Crippen molar-refractivity contribution < 1.29 is 4.79 Å². The van der Waals surface area contributed by atoms with Crippen molar-refractivity contribution in [2.24, 2.45) is 0 Å². The lowest BCUT2D eigenvalue weighted by atomic mass is 9.84. The monoisotopic (exact) mass is 295 g/mol. The summed E-state index contributed by atoms with van der Waals surface area (Å²) >= 11 is 11.8. The highest BCUT2D eigenvalue weighted by atomic mass is 35.5. The van der Waals surface area contributed by atoms with E-state index in [1.807, 2.05) is 17.0 Å². The molecule has 0 saturated heterocycles. The Kier molecular flexibility index (Phi) is 3.55. The minimum absolute atomic E-state index is 0.0197. The van der Waals surface area contributed by atoms with E-state index in [4.69, 9.17) is 23.2 Å². The number of alkyl halides is 1. The van der Waals surface area contributed by atoms with Crippen LogP contribution in [0.4, 0.5) is 0 Å². The van der Waals surface area contributed by atoms with Gasteiger partial charge >= 0.3 is 0 Å². The Morgan fingerprint density at radius 2 is 2.11 bits per heavy atom. The highest BCUT2D eigenvalue weighted by Gasteiger charge is 2.28. The summed E-state index contributed by atoms with van der Waals surface area (Å²) in [5, 5.41) is 0.785. The number of carbonyl (C=O) groups is 1. The predicted molar refractivity (Wildman–Crippen MR) is 78.4 cm³/mol. The van der Waals surface area contributed by atoms with Crippen LogP contribution in [0.5, 0.6) is 0 Å². The summed E-state index contributed by atoms with van der Waals surface area (Å²) in [7, 11) is 0. The van der Waals surface area contributed by atoms with Crippen molar-refractivity contribution in [2.75, 3.05) is 12.4 Å². The molecule has 19 heavy (non-hydrogen) atoms. The van der Waals surface area contributed by atoms with E-state index in [1.165, 1.54) is 22.4 Å². The van der Waals surface area contributed by atoms with Gasteiger partial charge in [-0.3, -0.25) is 4.79 Å². The topological polar surface area (TPSA) is 20.3 Å². The number of rotatable bonds is 1. The second-order valence-corrected chi connectivity index (χ2v) is 5.71. The Hall–Kier alpha value is -0.990. The lowest BCUT2D eigenvalue weighted by Gasteiger charge is -2.35. The van der Waals surface area contributed by atoms with Crippen LogP contribution in [-0.2, 0) is 11.2 Å². The number of hydrogen-bond donors (Lipinski definition) is 0. The first-order chi connectivity index (χ1) is 9.20. The molecule has 2 nitrogen and oxygen atoms in total. The highest BCUT2D eigenvalue weighted by molar-refractivity contribution is 6.30. The first-order valence-corrected chi connectivity index (χ1v) is 7.49. The number of fused-ring (bicyclic) bond motifs is 2. The van der Waals surface area contributed by atoms with Crippen molar-refractivity contribution in [1.29, 1.82) is 0 Å². The summed E-state index contributed by atoms with van der Waals surface area (Å²) < 4.78 is 0. The van der Waals surface area contributed by atoms with Crippen molar-refractivity contribution in [3.8, 4) is 0 Å². The first-order valence-electron chi connectivity index (χ1n) is 6.58. The van der Waals surface area contributed by atoms with Crippen LogP contribution in [0, 0.1) is 0 Å². The van der Waals surface area contributed by atoms with Crippen LogP contribution in [0.15, 0.2) is 23.9 Å². The van der Waals surface area contributed by atoms with E-state index >= 15 is 0 Å². The maximum Gasteiger partial charge on any atom is 0.241 e. The number of allylic oxidation sites excluding steroid dienone is 2. The number of nitrogens with zero attached hydrogens (tertiary/aromatic N) is 1. The second kappa shape index (κ2) is 5.18. The van der Waals surface area contributed by atoms with Crippen molar-refractivity contribution in [2.45, 2.75) is 25.7 Å². The van der Waals surface area contributed by atoms with Crippen molar-refractivity contribution >= 4 is 34.7 Å². The number of hydrogen-bond acceptors (Lipinski definition) is 1. The lowest BCUT2D eigenvalue weighted by Crippen LogP contribution is -2.36. The normalized spacial score (nSPS) is 18.1. The Morgan fingerprint density at radius 1 is 1.26 bits per heavy atom. The molecule has 4 heteroatoms. The standard InChI is InChI=1S/C15H15Cl2NO/c16-9-15(19)18-7-1-2-13-12-5-4-11(17)8-10(12)3-6-14(13)18/h4-5,8H,1-3,6-7,9H2. The Bertz CT molecular complexity index is 565. The molecule has 2 aliphatic rings. The van der Waals surface area contributed by atoms with Gasteiger partial charge in [-0.1, -0.05) is 17.7 Å². The second-order valence-electron chi connectivity index (χ2n) is 5.01. The molecule has 0 saturated carbocycles. The van der Waals surface area contributed by atoms with Gasteiger partial charge in [-0.15, -0.1) is 11.6 Å². The third-order valence-corrected chi connectivity index (χ3v) is 4.39. The van der Waals surface area contributed by atoms with Crippen LogP contribution < -0.4 is 0 Å². The van der Waals surface area contributed by atoms with E-state index < -0.39 is 0 Å². The van der Waals surface area contributed by atoms with Crippen LogP contribution in [0.25, 0.3) is 5.57 Å². The van der Waals surface area contributed by atoms with Crippen LogP contribution in [0.2, 0.25) is 5.02 Å². The van der Waals surface area contributed by atoms with Gasteiger partial charge in [-0.25, -0.2) is 0 Å². The van der Waals surface area contributed by atoms with Gasteiger partial charge in [0.2, 0.25) is 5.91 Å². The van der Waals surface area contributed by atoms with E-state index in [1.54, 1.807) is 0 Å². The molecule has 1 aromatic carbocycles. The molecule has 3 rings (SSSR count). The lowest BCUT2D eigenvalue weighted by molar-refractivity contribution is -0.127. The summed E-state index contributed by atoms with van der Waals surface area (Å²) in [6.07, 6.45) is 3.89. The van der Waals surface area contributed by atoms with Crippen LogP contribution >= 0.6 is 23.2 Å². The maximum atomic E-state index is 11.9. The molecular formula is C15H15Cl2NO. The van der Waals surface area contributed by atoms with Gasteiger partial charge in [0, 0.05) is 17.3 Å². The number of amides is 1. The van der Waals surface area contributed by atoms with E-state index in [9.17, 15) is 4.79 Å². The van der Waals surface area contributed by atoms with Gasteiger partial charge in [0.25, 0.3) is 0 Å². The van der Waals surface area contributed by atoms with E-state index in [-0.39, 0.29) is 11.8 Å². The summed E-state index contributed by atoms with van der Waals surface area (Å²) in [4.78, 5) is 13.8. The van der Waals surface area contributed by atoms with E-state index in [0.29, 0.717) is 0 Å². The van der Waals surface area contributed by atoms with Crippen molar-refractivity contribution in [3.05, 3.63) is 40.0 Å². The largest absolute Gasteiger partial charge is 0.315 e. The molecule has 1 heterocycles. The number of carbonyl (C=O) groups excluding carboxylic acids is 1. The molecule has 0 fully saturated rings. The molecule has 1 aliphatic carbocycles. The third-order valence-electron chi connectivity index (χ3n) is 3.92. The first kappa shape index (κ1) is 13.0. The molecular weight excluding hydrogens is 281 g/mol. The van der Waals surface area contributed by atoms with Crippen LogP contribution in [0.1, 0.15) is 30.4 Å². The molecule has 0 atom stereocenters.